The third kappa shape index (κ3) is 1.76. The zero-order chi connectivity index (χ0) is 10.0. The minimum absolute atomic E-state index is 0.138. The third-order valence-corrected chi connectivity index (χ3v) is 3.01. The molecule has 1 aliphatic carbocycles. The van der Waals surface area contributed by atoms with E-state index in [4.69, 9.17) is 11.6 Å². The highest BCUT2D eigenvalue weighted by Crippen LogP contribution is 2.32. The highest BCUT2D eigenvalue weighted by molar-refractivity contribution is 6.30. The molecule has 0 nitrogen and oxygen atoms in total. The molecule has 0 aromatic heterocycles. The van der Waals surface area contributed by atoms with Crippen molar-refractivity contribution in [3.63, 3.8) is 0 Å². The van der Waals surface area contributed by atoms with Gasteiger partial charge in [-0.3, -0.25) is 0 Å². The molecular weight excluding hydrogens is 192 g/mol. The van der Waals surface area contributed by atoms with E-state index < -0.39 is 0 Å². The van der Waals surface area contributed by atoms with Crippen molar-refractivity contribution in [1.29, 1.82) is 0 Å². The van der Waals surface area contributed by atoms with Crippen molar-refractivity contribution in [2.45, 2.75) is 18.8 Å². The average molecular weight is 205 g/mol. The van der Waals surface area contributed by atoms with Crippen LogP contribution in [0.1, 0.15) is 18.9 Å². The lowest BCUT2D eigenvalue weighted by molar-refractivity contribution is 0.600. The Balaban J connectivity index is 2.34. The lowest BCUT2D eigenvalue weighted by Crippen LogP contribution is -2.19. The van der Waals surface area contributed by atoms with E-state index in [2.05, 4.69) is 43.4 Å². The van der Waals surface area contributed by atoms with Gasteiger partial charge in [-0.05, 0) is 24.1 Å². The zero-order valence-electron chi connectivity index (χ0n) is 8.20. The molecule has 1 atom stereocenters. The number of halogens is 1. The fraction of sp³-hybridized carbons (Fsp3) is 0.231. The first-order valence-electron chi connectivity index (χ1n) is 4.81. The first kappa shape index (κ1) is 9.54. The molecule has 0 heterocycles. The van der Waals surface area contributed by atoms with Crippen LogP contribution in [0.15, 0.2) is 48.6 Å². The molecule has 0 N–H and O–H groups in total. The molecule has 0 saturated heterocycles. The van der Waals surface area contributed by atoms with E-state index in [1.807, 2.05) is 12.1 Å². The number of hydrogen-bond acceptors (Lipinski definition) is 0. The summed E-state index contributed by atoms with van der Waals surface area (Å²) in [5.41, 5.74) is 1.46. The van der Waals surface area contributed by atoms with Crippen molar-refractivity contribution < 1.29 is 0 Å². The minimum Gasteiger partial charge on any atom is -0.0843 e. The van der Waals surface area contributed by atoms with Crippen molar-refractivity contribution >= 4 is 11.6 Å². The first-order chi connectivity index (χ1) is 6.71. The molecule has 0 fully saturated rings. The predicted molar refractivity (Wildman–Crippen MR) is 61.7 cm³/mol. The van der Waals surface area contributed by atoms with Crippen LogP contribution in [0.2, 0.25) is 5.02 Å². The van der Waals surface area contributed by atoms with Crippen molar-refractivity contribution in [2.75, 3.05) is 0 Å². The maximum absolute atomic E-state index is 5.86. The molecular formula is C13H13Cl. The van der Waals surface area contributed by atoms with E-state index in [9.17, 15) is 0 Å². The zero-order valence-corrected chi connectivity index (χ0v) is 8.96. The van der Waals surface area contributed by atoms with E-state index in [1.165, 1.54) is 5.56 Å². The molecule has 1 aliphatic rings. The van der Waals surface area contributed by atoms with Crippen molar-refractivity contribution in [3.8, 4) is 0 Å². The standard InChI is InChI=1S/C13H13Cl/c1-13(9-3-2-4-10-13)11-5-7-12(14)8-6-11/h2-9H,10H2,1H3. The minimum atomic E-state index is 0.138. The fourth-order valence-corrected chi connectivity index (χ4v) is 1.90. The summed E-state index contributed by atoms with van der Waals surface area (Å²) in [6.45, 7) is 2.25. The summed E-state index contributed by atoms with van der Waals surface area (Å²) in [6.07, 6.45) is 9.71. The number of hydrogen-bond donors (Lipinski definition) is 0. The highest BCUT2D eigenvalue weighted by Gasteiger charge is 2.22. The summed E-state index contributed by atoms with van der Waals surface area (Å²) in [7, 11) is 0. The van der Waals surface area contributed by atoms with Gasteiger partial charge in [0, 0.05) is 10.4 Å². The van der Waals surface area contributed by atoms with Gasteiger partial charge in [-0.25, -0.2) is 0 Å². The highest BCUT2D eigenvalue weighted by atomic mass is 35.5. The number of rotatable bonds is 1. The maximum Gasteiger partial charge on any atom is 0.0406 e. The molecule has 0 saturated carbocycles. The van der Waals surface area contributed by atoms with Gasteiger partial charge in [-0.1, -0.05) is 55.0 Å². The Kier molecular flexibility index (Phi) is 2.47. The molecule has 14 heavy (non-hydrogen) atoms. The number of benzene rings is 1. The molecule has 0 spiro atoms. The smallest absolute Gasteiger partial charge is 0.0406 e. The van der Waals surface area contributed by atoms with Crippen molar-refractivity contribution in [2.24, 2.45) is 0 Å². The molecule has 1 aromatic rings. The van der Waals surface area contributed by atoms with Gasteiger partial charge < -0.3 is 0 Å². The summed E-state index contributed by atoms with van der Waals surface area (Å²) in [4.78, 5) is 0. The van der Waals surface area contributed by atoms with E-state index in [0.717, 1.165) is 11.4 Å². The van der Waals surface area contributed by atoms with E-state index in [-0.39, 0.29) is 5.41 Å². The van der Waals surface area contributed by atoms with Crippen LogP contribution >= 0.6 is 11.6 Å². The largest absolute Gasteiger partial charge is 0.0843 e. The maximum atomic E-state index is 5.86. The molecule has 1 heteroatoms. The quantitative estimate of drug-likeness (QED) is 0.646. The van der Waals surface area contributed by atoms with Gasteiger partial charge in [0.2, 0.25) is 0 Å². The SMILES string of the molecule is CC1(c2ccc(Cl)cc2)C=CC=CC1. The lowest BCUT2D eigenvalue weighted by atomic mass is 9.77. The average Bonchev–Trinajstić information content (AvgIpc) is 2.19. The van der Waals surface area contributed by atoms with Gasteiger partial charge in [-0.15, -0.1) is 0 Å². The second-order valence-corrected chi connectivity index (χ2v) is 4.35. The second-order valence-electron chi connectivity index (χ2n) is 3.92. The Bertz CT molecular complexity index is 373. The third-order valence-electron chi connectivity index (χ3n) is 2.76. The van der Waals surface area contributed by atoms with Crippen LogP contribution in [0.3, 0.4) is 0 Å². The molecule has 0 radical (unpaired) electrons. The normalized spacial score (nSPS) is 25.3. The Morgan fingerprint density at radius 3 is 2.43 bits per heavy atom. The van der Waals surface area contributed by atoms with Gasteiger partial charge in [0.15, 0.2) is 0 Å². The van der Waals surface area contributed by atoms with Gasteiger partial charge in [0.1, 0.15) is 0 Å². The van der Waals surface area contributed by atoms with Crippen molar-refractivity contribution in [1.82, 2.24) is 0 Å². The van der Waals surface area contributed by atoms with E-state index in [1.54, 1.807) is 0 Å². The topological polar surface area (TPSA) is 0 Å². The summed E-state index contributed by atoms with van der Waals surface area (Å²) in [5, 5.41) is 0.799. The lowest BCUT2D eigenvalue weighted by Gasteiger charge is -2.27. The van der Waals surface area contributed by atoms with Crippen molar-refractivity contribution in [3.05, 3.63) is 59.2 Å². The van der Waals surface area contributed by atoms with Gasteiger partial charge in [-0.2, -0.15) is 0 Å². The summed E-state index contributed by atoms with van der Waals surface area (Å²) >= 11 is 5.86. The molecule has 72 valence electrons. The second kappa shape index (κ2) is 3.62. The molecule has 0 bridgehead atoms. The van der Waals surface area contributed by atoms with Crippen LogP contribution in [0.4, 0.5) is 0 Å². The molecule has 0 amide bonds. The Morgan fingerprint density at radius 1 is 1.14 bits per heavy atom. The van der Waals surface area contributed by atoms with Crippen LogP contribution < -0.4 is 0 Å². The summed E-state index contributed by atoms with van der Waals surface area (Å²) < 4.78 is 0. The fourth-order valence-electron chi connectivity index (χ4n) is 1.77. The van der Waals surface area contributed by atoms with E-state index in [0.29, 0.717) is 0 Å². The van der Waals surface area contributed by atoms with Gasteiger partial charge in [0.25, 0.3) is 0 Å². The number of allylic oxidation sites excluding steroid dienone is 4. The molecule has 1 aromatic carbocycles. The van der Waals surface area contributed by atoms with Gasteiger partial charge in [0.05, 0.1) is 0 Å². The van der Waals surface area contributed by atoms with E-state index >= 15 is 0 Å². The van der Waals surface area contributed by atoms with Crippen LogP contribution in [-0.4, -0.2) is 0 Å². The van der Waals surface area contributed by atoms with Crippen LogP contribution in [0.25, 0.3) is 0 Å². The summed E-state index contributed by atoms with van der Waals surface area (Å²) in [5.74, 6) is 0. The first-order valence-corrected chi connectivity index (χ1v) is 5.19. The Hall–Kier alpha value is -1.01. The van der Waals surface area contributed by atoms with Crippen LogP contribution in [0.5, 0.6) is 0 Å². The molecule has 2 rings (SSSR count). The molecule has 0 aliphatic heterocycles. The summed E-state index contributed by atoms with van der Waals surface area (Å²) in [6, 6.07) is 8.11. The monoisotopic (exact) mass is 204 g/mol. The van der Waals surface area contributed by atoms with Crippen LogP contribution in [0, 0.1) is 0 Å². The van der Waals surface area contributed by atoms with Crippen LogP contribution in [-0.2, 0) is 5.41 Å². The molecule has 1 unspecified atom stereocenters. The Morgan fingerprint density at radius 2 is 1.86 bits per heavy atom. The van der Waals surface area contributed by atoms with Gasteiger partial charge >= 0.3 is 0 Å². The predicted octanol–water partition coefficient (Wildman–Crippen LogP) is 4.11. The Labute approximate surface area is 89.9 Å².